The number of carbonyl (C=O) groups is 2. The van der Waals surface area contributed by atoms with E-state index in [1.165, 1.54) is 0 Å². The second-order valence-electron chi connectivity index (χ2n) is 11.6. The van der Waals surface area contributed by atoms with Gasteiger partial charge in [0.05, 0.1) is 14.2 Å². The summed E-state index contributed by atoms with van der Waals surface area (Å²) >= 11 is 0. The molecule has 0 bridgehead atoms. The summed E-state index contributed by atoms with van der Waals surface area (Å²) in [6.45, 7) is 1.90. The molecule has 240 valence electrons. The first-order chi connectivity index (χ1) is 22.4. The normalized spacial score (nSPS) is 14.4. The molecular weight excluding hydrogens is 580 g/mol. The molecule has 1 fully saturated rings. The van der Waals surface area contributed by atoms with Crippen molar-refractivity contribution in [1.29, 1.82) is 0 Å². The van der Waals surface area contributed by atoms with Crippen LogP contribution < -0.4 is 9.47 Å². The number of hydrogen-bond acceptors (Lipinski definition) is 6. The summed E-state index contributed by atoms with van der Waals surface area (Å²) < 4.78 is 10.8. The molecule has 0 saturated carbocycles. The SMILES string of the molecule is COc1ccc(O)c(C(CCC(=O)N2CCN(C(=O)CCC(c3ccccc3)c3cc(OC)ccc3O)CC2)c2ccccc2)c1. The molecule has 5 rings (SSSR count). The van der Waals surface area contributed by atoms with Gasteiger partial charge in [0.15, 0.2) is 0 Å². The summed E-state index contributed by atoms with van der Waals surface area (Å²) in [4.78, 5) is 30.4. The number of piperazine rings is 1. The van der Waals surface area contributed by atoms with Gasteiger partial charge in [-0.1, -0.05) is 60.7 Å². The van der Waals surface area contributed by atoms with Gasteiger partial charge in [0.1, 0.15) is 23.0 Å². The average molecular weight is 623 g/mol. The van der Waals surface area contributed by atoms with Crippen LogP contribution in [-0.2, 0) is 9.59 Å². The highest BCUT2D eigenvalue weighted by Crippen LogP contribution is 2.38. The van der Waals surface area contributed by atoms with E-state index >= 15 is 0 Å². The van der Waals surface area contributed by atoms with Crippen molar-refractivity contribution < 1.29 is 29.3 Å². The van der Waals surface area contributed by atoms with Gasteiger partial charge in [0.2, 0.25) is 11.8 Å². The minimum atomic E-state index is -0.176. The van der Waals surface area contributed by atoms with Crippen LogP contribution in [0.1, 0.15) is 59.8 Å². The van der Waals surface area contributed by atoms with Crippen molar-refractivity contribution in [2.45, 2.75) is 37.5 Å². The maximum atomic E-state index is 13.4. The summed E-state index contributed by atoms with van der Waals surface area (Å²) in [5, 5.41) is 21.4. The Morgan fingerprint density at radius 3 is 1.33 bits per heavy atom. The van der Waals surface area contributed by atoms with Crippen molar-refractivity contribution >= 4 is 11.8 Å². The number of methoxy groups -OCH3 is 2. The number of hydrogen-bond donors (Lipinski definition) is 2. The lowest BCUT2D eigenvalue weighted by molar-refractivity contribution is -0.139. The number of carbonyl (C=O) groups excluding carboxylic acids is 2. The van der Waals surface area contributed by atoms with Crippen LogP contribution in [0.25, 0.3) is 0 Å². The van der Waals surface area contributed by atoms with Crippen molar-refractivity contribution in [3.05, 3.63) is 119 Å². The molecule has 2 unspecified atom stereocenters. The van der Waals surface area contributed by atoms with Crippen molar-refractivity contribution in [2.24, 2.45) is 0 Å². The number of benzene rings is 4. The maximum absolute atomic E-state index is 13.4. The molecule has 2 amide bonds. The molecule has 4 aromatic carbocycles. The molecule has 46 heavy (non-hydrogen) atoms. The smallest absolute Gasteiger partial charge is 0.222 e. The molecular formula is C38H42N2O6. The molecule has 1 saturated heterocycles. The van der Waals surface area contributed by atoms with E-state index in [0.29, 0.717) is 63.4 Å². The van der Waals surface area contributed by atoms with Crippen LogP contribution >= 0.6 is 0 Å². The molecule has 0 aromatic heterocycles. The van der Waals surface area contributed by atoms with E-state index in [2.05, 4.69) is 0 Å². The van der Waals surface area contributed by atoms with Gasteiger partial charge in [-0.25, -0.2) is 0 Å². The summed E-state index contributed by atoms with van der Waals surface area (Å²) in [6.07, 6.45) is 1.68. The van der Waals surface area contributed by atoms with Gasteiger partial charge in [0, 0.05) is 62.0 Å². The Morgan fingerprint density at radius 1 is 0.609 bits per heavy atom. The highest BCUT2D eigenvalue weighted by molar-refractivity contribution is 5.78. The number of ether oxygens (including phenoxy) is 2. The van der Waals surface area contributed by atoms with Crippen LogP contribution in [0, 0.1) is 0 Å². The van der Waals surface area contributed by atoms with Crippen molar-refractivity contribution in [1.82, 2.24) is 9.80 Å². The zero-order chi connectivity index (χ0) is 32.5. The van der Waals surface area contributed by atoms with Gasteiger partial charge in [-0.3, -0.25) is 9.59 Å². The second kappa shape index (κ2) is 15.3. The second-order valence-corrected chi connectivity index (χ2v) is 11.6. The Kier molecular flexibility index (Phi) is 10.8. The Hall–Kier alpha value is -4.98. The largest absolute Gasteiger partial charge is 0.508 e. The molecule has 0 aliphatic carbocycles. The topological polar surface area (TPSA) is 99.5 Å². The van der Waals surface area contributed by atoms with Crippen LogP contribution in [0.15, 0.2) is 97.1 Å². The third-order valence-electron chi connectivity index (χ3n) is 8.90. The highest BCUT2D eigenvalue weighted by atomic mass is 16.5. The van der Waals surface area contributed by atoms with Crippen LogP contribution in [0.4, 0.5) is 0 Å². The lowest BCUT2D eigenvalue weighted by atomic mass is 9.86. The summed E-state index contributed by atoms with van der Waals surface area (Å²) in [5.74, 6) is 1.36. The van der Waals surface area contributed by atoms with Gasteiger partial charge in [-0.15, -0.1) is 0 Å². The van der Waals surface area contributed by atoms with Gasteiger partial charge < -0.3 is 29.5 Å². The van der Waals surface area contributed by atoms with Gasteiger partial charge >= 0.3 is 0 Å². The Balaban J connectivity index is 1.19. The zero-order valence-corrected chi connectivity index (χ0v) is 26.5. The van der Waals surface area contributed by atoms with Crippen LogP contribution in [0.2, 0.25) is 0 Å². The summed E-state index contributed by atoms with van der Waals surface area (Å²) in [5.41, 5.74) is 3.49. The van der Waals surface area contributed by atoms with E-state index in [0.717, 1.165) is 22.3 Å². The van der Waals surface area contributed by atoms with Crippen LogP contribution in [-0.4, -0.2) is 72.2 Å². The summed E-state index contributed by atoms with van der Waals surface area (Å²) in [6, 6.07) is 30.1. The first-order valence-corrected chi connectivity index (χ1v) is 15.8. The number of amides is 2. The number of phenolic OH excluding ortho intramolecular Hbond substituents is 2. The Bertz CT molecular complexity index is 1480. The lowest BCUT2D eigenvalue weighted by Crippen LogP contribution is -2.50. The monoisotopic (exact) mass is 622 g/mol. The Labute approximate surface area is 270 Å². The van der Waals surface area contributed by atoms with Gasteiger partial charge in [-0.05, 0) is 60.4 Å². The predicted molar refractivity (Wildman–Crippen MR) is 178 cm³/mol. The molecule has 2 atom stereocenters. The molecule has 2 N–H and O–H groups in total. The van der Waals surface area contributed by atoms with Crippen molar-refractivity contribution in [3.8, 4) is 23.0 Å². The molecule has 0 spiro atoms. The van der Waals surface area contributed by atoms with E-state index < -0.39 is 0 Å². The number of nitrogens with zero attached hydrogens (tertiary/aromatic N) is 2. The summed E-state index contributed by atoms with van der Waals surface area (Å²) in [7, 11) is 3.18. The van der Waals surface area contributed by atoms with Gasteiger partial charge in [0.25, 0.3) is 0 Å². The first kappa shape index (κ1) is 32.4. The molecule has 1 heterocycles. The van der Waals surface area contributed by atoms with E-state index in [1.807, 2.05) is 82.6 Å². The minimum absolute atomic E-state index is 0.0352. The minimum Gasteiger partial charge on any atom is -0.508 e. The van der Waals surface area contributed by atoms with E-state index in [9.17, 15) is 19.8 Å². The molecule has 8 heteroatoms. The van der Waals surface area contributed by atoms with E-state index in [-0.39, 0.29) is 35.1 Å². The zero-order valence-electron chi connectivity index (χ0n) is 26.5. The molecule has 0 radical (unpaired) electrons. The number of aromatic hydroxyl groups is 2. The lowest BCUT2D eigenvalue weighted by Gasteiger charge is -2.35. The standard InChI is InChI=1S/C38H42N2O6/c1-45-29-13-17-35(41)33(25-29)31(27-9-5-3-6-10-27)15-19-37(43)39-21-23-40(24-22-39)38(44)20-16-32(28-11-7-4-8-12-28)34-26-30(46-2)14-18-36(34)42/h3-14,17-18,25-26,31-32,41-42H,15-16,19-24H2,1-2H3. The van der Waals surface area contributed by atoms with E-state index in [1.54, 1.807) is 38.5 Å². The predicted octanol–water partition coefficient (Wildman–Crippen LogP) is 6.31. The molecule has 8 nitrogen and oxygen atoms in total. The average Bonchev–Trinajstić information content (AvgIpc) is 3.10. The van der Waals surface area contributed by atoms with Crippen molar-refractivity contribution in [3.63, 3.8) is 0 Å². The number of rotatable bonds is 12. The van der Waals surface area contributed by atoms with Crippen molar-refractivity contribution in [2.75, 3.05) is 40.4 Å². The van der Waals surface area contributed by atoms with Crippen LogP contribution in [0.5, 0.6) is 23.0 Å². The quantitative estimate of drug-likeness (QED) is 0.192. The van der Waals surface area contributed by atoms with Gasteiger partial charge in [-0.2, -0.15) is 0 Å². The fourth-order valence-corrected chi connectivity index (χ4v) is 6.31. The third kappa shape index (κ3) is 7.80. The van der Waals surface area contributed by atoms with E-state index in [4.69, 9.17) is 9.47 Å². The fourth-order valence-electron chi connectivity index (χ4n) is 6.31. The maximum Gasteiger partial charge on any atom is 0.222 e. The third-order valence-corrected chi connectivity index (χ3v) is 8.90. The highest BCUT2D eigenvalue weighted by Gasteiger charge is 2.27. The number of phenols is 2. The molecule has 1 aliphatic rings. The molecule has 1 aliphatic heterocycles. The Morgan fingerprint density at radius 2 is 0.978 bits per heavy atom. The first-order valence-electron chi connectivity index (χ1n) is 15.8. The van der Waals surface area contributed by atoms with Crippen LogP contribution in [0.3, 0.4) is 0 Å². The molecule has 4 aromatic rings. The fraction of sp³-hybridized carbons (Fsp3) is 0.316.